The van der Waals surface area contributed by atoms with E-state index in [2.05, 4.69) is 45.0 Å². The van der Waals surface area contributed by atoms with Crippen molar-refractivity contribution < 1.29 is 14.7 Å². The zero-order chi connectivity index (χ0) is 17.9. The van der Waals surface area contributed by atoms with Gasteiger partial charge < -0.3 is 14.7 Å². The van der Waals surface area contributed by atoms with E-state index in [9.17, 15) is 5.11 Å². The number of benzene rings is 1. The lowest BCUT2D eigenvalue weighted by Crippen LogP contribution is -3.13. The Labute approximate surface area is 153 Å². The highest BCUT2D eigenvalue weighted by Gasteiger charge is 2.30. The topological polar surface area (TPSA) is 33.9 Å². The molecule has 2 N–H and O–H groups in total. The van der Waals surface area contributed by atoms with Crippen LogP contribution in [0.5, 0.6) is 0 Å². The van der Waals surface area contributed by atoms with E-state index in [1.165, 1.54) is 28.9 Å². The Hall–Kier alpha value is -0.900. The van der Waals surface area contributed by atoms with Gasteiger partial charge in [0.25, 0.3) is 0 Å². The van der Waals surface area contributed by atoms with Crippen LogP contribution in [0, 0.1) is 11.3 Å². The van der Waals surface area contributed by atoms with Gasteiger partial charge in [0.2, 0.25) is 0 Å². The molecule has 140 valence electrons. The fraction of sp³-hybridized carbons (Fsp3) is 0.727. The maximum Gasteiger partial charge on any atom is 0.126 e. The van der Waals surface area contributed by atoms with Crippen molar-refractivity contribution in [2.75, 3.05) is 19.7 Å². The first kappa shape index (κ1) is 18.9. The van der Waals surface area contributed by atoms with Gasteiger partial charge in [-0.15, -0.1) is 0 Å². The molecule has 0 spiro atoms. The lowest BCUT2D eigenvalue weighted by Gasteiger charge is -2.37. The van der Waals surface area contributed by atoms with E-state index >= 15 is 0 Å². The average Bonchev–Trinajstić information content (AvgIpc) is 2.59. The zero-order valence-corrected chi connectivity index (χ0v) is 16.3. The fourth-order valence-electron chi connectivity index (χ4n) is 4.55. The third-order valence-electron chi connectivity index (χ3n) is 6.25. The lowest BCUT2D eigenvalue weighted by atomic mass is 9.72. The Morgan fingerprint density at radius 3 is 2.48 bits per heavy atom. The number of aliphatic hydroxyl groups excluding tert-OH is 1. The smallest absolute Gasteiger partial charge is 0.126 e. The van der Waals surface area contributed by atoms with Crippen molar-refractivity contribution in [1.29, 1.82) is 0 Å². The van der Waals surface area contributed by atoms with Crippen LogP contribution in [0.2, 0.25) is 0 Å². The van der Waals surface area contributed by atoms with E-state index < -0.39 is 0 Å². The van der Waals surface area contributed by atoms with Crippen LogP contribution in [-0.2, 0) is 17.7 Å². The molecule has 0 amide bonds. The monoisotopic (exact) mass is 346 g/mol. The second kappa shape index (κ2) is 8.20. The highest BCUT2D eigenvalue weighted by atomic mass is 16.5. The Balaban J connectivity index is 1.37. The molecule has 1 aliphatic carbocycles. The van der Waals surface area contributed by atoms with Gasteiger partial charge in [-0.2, -0.15) is 0 Å². The minimum absolute atomic E-state index is 0.347. The normalized spacial score (nSPS) is 28.4. The summed E-state index contributed by atoms with van der Waals surface area (Å²) in [5.74, 6) is 0.815. The van der Waals surface area contributed by atoms with Gasteiger partial charge in [-0.05, 0) is 42.6 Å². The molecule has 1 aliphatic heterocycles. The maximum atomic E-state index is 10.4. The van der Waals surface area contributed by atoms with Crippen LogP contribution < -0.4 is 4.90 Å². The number of ether oxygens (including phenoxy) is 1. The van der Waals surface area contributed by atoms with Gasteiger partial charge in [0, 0.05) is 12.0 Å². The van der Waals surface area contributed by atoms with Crippen LogP contribution in [0.15, 0.2) is 24.3 Å². The largest absolute Gasteiger partial charge is 0.385 e. The molecule has 1 heterocycles. The highest BCUT2D eigenvalue weighted by Crippen LogP contribution is 2.38. The Morgan fingerprint density at radius 1 is 1.12 bits per heavy atom. The van der Waals surface area contributed by atoms with Gasteiger partial charge in [0.1, 0.15) is 19.2 Å². The van der Waals surface area contributed by atoms with Crippen LogP contribution in [0.25, 0.3) is 0 Å². The van der Waals surface area contributed by atoms with Gasteiger partial charge in [-0.25, -0.2) is 0 Å². The molecule has 3 rings (SSSR count). The number of hydrogen-bond acceptors (Lipinski definition) is 2. The van der Waals surface area contributed by atoms with Crippen LogP contribution in [0.4, 0.5) is 0 Å². The summed E-state index contributed by atoms with van der Waals surface area (Å²) in [6, 6.07) is 8.71. The summed E-state index contributed by atoms with van der Waals surface area (Å²) >= 11 is 0. The van der Waals surface area contributed by atoms with Crippen molar-refractivity contribution in [3.8, 4) is 0 Å². The summed E-state index contributed by atoms with van der Waals surface area (Å²) in [5.41, 5.74) is 3.34. The number of hydrogen-bond donors (Lipinski definition) is 2. The van der Waals surface area contributed by atoms with E-state index in [0.29, 0.717) is 18.1 Å². The van der Waals surface area contributed by atoms with Gasteiger partial charge in [-0.3, -0.25) is 0 Å². The zero-order valence-electron chi connectivity index (χ0n) is 16.3. The molecular formula is C22H36NO2+. The number of fused-ring (bicyclic) bond motifs is 1. The SMILES string of the molecule is CC(C)(C)C1CCC(OC[C@H](O)C[NH+]2CCc3ccccc3C2)CC1. The predicted molar refractivity (Wildman–Crippen MR) is 102 cm³/mol. The number of quaternary nitrogens is 1. The van der Waals surface area contributed by atoms with Gasteiger partial charge in [0.05, 0.1) is 19.3 Å². The molecule has 1 saturated carbocycles. The van der Waals surface area contributed by atoms with Crippen LogP contribution in [-0.4, -0.2) is 37.0 Å². The number of aliphatic hydroxyl groups is 1. The minimum Gasteiger partial charge on any atom is -0.385 e. The molecule has 1 unspecified atom stereocenters. The molecule has 3 heteroatoms. The second-order valence-corrected chi connectivity index (χ2v) is 9.23. The van der Waals surface area contributed by atoms with Crippen molar-refractivity contribution in [3.05, 3.63) is 35.4 Å². The maximum absolute atomic E-state index is 10.4. The molecule has 25 heavy (non-hydrogen) atoms. The molecule has 1 aromatic rings. The van der Waals surface area contributed by atoms with Crippen molar-refractivity contribution in [1.82, 2.24) is 0 Å². The number of rotatable bonds is 5. The van der Waals surface area contributed by atoms with E-state index in [1.807, 2.05) is 0 Å². The third-order valence-corrected chi connectivity index (χ3v) is 6.25. The molecule has 2 aliphatic rings. The fourth-order valence-corrected chi connectivity index (χ4v) is 4.55. The molecule has 0 aromatic heterocycles. The summed E-state index contributed by atoms with van der Waals surface area (Å²) < 4.78 is 6.05. The molecule has 3 nitrogen and oxygen atoms in total. The first-order valence-electron chi connectivity index (χ1n) is 10.1. The molecule has 1 fully saturated rings. The van der Waals surface area contributed by atoms with Crippen molar-refractivity contribution >= 4 is 0 Å². The molecule has 0 saturated heterocycles. The number of nitrogens with one attached hydrogen (secondary N) is 1. The van der Waals surface area contributed by atoms with Crippen molar-refractivity contribution in [2.24, 2.45) is 11.3 Å². The highest BCUT2D eigenvalue weighted by molar-refractivity contribution is 5.27. The summed E-state index contributed by atoms with van der Waals surface area (Å²) in [4.78, 5) is 1.48. The first-order valence-corrected chi connectivity index (χ1v) is 10.1. The van der Waals surface area contributed by atoms with E-state index in [0.717, 1.165) is 44.8 Å². The van der Waals surface area contributed by atoms with Crippen LogP contribution in [0.3, 0.4) is 0 Å². The third kappa shape index (κ3) is 5.29. The first-order chi connectivity index (χ1) is 11.9. The summed E-state index contributed by atoms with van der Waals surface area (Å²) in [6.07, 6.45) is 5.95. The molecule has 0 radical (unpaired) electrons. The van der Waals surface area contributed by atoms with Gasteiger partial charge in [-0.1, -0.05) is 45.0 Å². The van der Waals surface area contributed by atoms with Crippen LogP contribution in [0.1, 0.15) is 57.6 Å². The Kier molecular flexibility index (Phi) is 6.19. The Bertz CT molecular complexity index is 543. The molecule has 1 aromatic carbocycles. The van der Waals surface area contributed by atoms with Gasteiger partial charge in [0.15, 0.2) is 0 Å². The summed E-state index contributed by atoms with van der Waals surface area (Å²) in [6.45, 7) is 10.5. The van der Waals surface area contributed by atoms with E-state index in [4.69, 9.17) is 4.74 Å². The average molecular weight is 347 g/mol. The molecule has 2 atom stereocenters. The minimum atomic E-state index is -0.347. The lowest BCUT2D eigenvalue weighted by molar-refractivity contribution is -0.919. The quantitative estimate of drug-likeness (QED) is 0.859. The summed E-state index contributed by atoms with van der Waals surface area (Å²) in [5, 5.41) is 10.4. The van der Waals surface area contributed by atoms with Crippen molar-refractivity contribution in [2.45, 2.75) is 71.6 Å². The second-order valence-electron chi connectivity index (χ2n) is 9.23. The van der Waals surface area contributed by atoms with Gasteiger partial charge >= 0.3 is 0 Å². The van der Waals surface area contributed by atoms with Crippen LogP contribution >= 0.6 is 0 Å². The molecular weight excluding hydrogens is 310 g/mol. The molecule has 0 bridgehead atoms. The predicted octanol–water partition coefficient (Wildman–Crippen LogP) is 2.61. The standard InChI is InChI=1S/C22H35NO2/c1-22(2,3)19-8-10-21(11-9-19)25-16-20(24)15-23-13-12-17-6-4-5-7-18(17)14-23/h4-7,19-21,24H,8-16H2,1-3H3/p+1/t19?,20-,21?/m1/s1. The van der Waals surface area contributed by atoms with E-state index in [1.54, 1.807) is 0 Å². The van der Waals surface area contributed by atoms with Crippen molar-refractivity contribution in [3.63, 3.8) is 0 Å². The van der Waals surface area contributed by atoms with E-state index in [-0.39, 0.29) is 6.10 Å². The summed E-state index contributed by atoms with van der Waals surface area (Å²) in [7, 11) is 0. The Morgan fingerprint density at radius 2 is 1.80 bits per heavy atom.